The molecule has 1 heterocycles. The molecule has 142 valence electrons. The van der Waals surface area contributed by atoms with E-state index in [4.69, 9.17) is 0 Å². The minimum absolute atomic E-state index is 0.501. The fraction of sp³-hybridized carbons (Fsp3) is 0.316. The number of hydrogen-bond acceptors (Lipinski definition) is 4. The van der Waals surface area contributed by atoms with Crippen LogP contribution in [0.4, 0.5) is 13.2 Å². The van der Waals surface area contributed by atoms with Crippen LogP contribution < -0.4 is 0 Å². The van der Waals surface area contributed by atoms with E-state index in [2.05, 4.69) is 32.6 Å². The molecule has 1 aromatic heterocycles. The minimum atomic E-state index is -4.36. The Morgan fingerprint density at radius 2 is 1.70 bits per heavy atom. The molecule has 0 bridgehead atoms. The van der Waals surface area contributed by atoms with E-state index in [0.29, 0.717) is 18.1 Å². The van der Waals surface area contributed by atoms with Crippen molar-refractivity contribution in [2.24, 2.45) is 0 Å². The Morgan fingerprint density at radius 1 is 1.00 bits per heavy atom. The van der Waals surface area contributed by atoms with Gasteiger partial charge in [0, 0.05) is 0 Å². The van der Waals surface area contributed by atoms with Gasteiger partial charge in [-0.05, 0) is 66.7 Å². The molecule has 8 heteroatoms. The zero-order chi connectivity index (χ0) is 19.3. The number of alkyl halides is 3. The van der Waals surface area contributed by atoms with Crippen LogP contribution >= 0.6 is 0 Å². The summed E-state index contributed by atoms with van der Waals surface area (Å²) >= 11 is 0. The molecule has 0 saturated heterocycles. The standard InChI is InChI=1S/C19H20F3N5/c1-26(13-5-8-15-6-3-2-4-7-15)14-18-23-24-25-27(18)17-11-9-16(10-12-17)19(20,21)22/h2-4,6-7,9-12H,5,8,13-14H2,1H3. The van der Waals surface area contributed by atoms with E-state index in [9.17, 15) is 13.2 Å². The lowest BCUT2D eigenvalue weighted by Gasteiger charge is -2.16. The maximum Gasteiger partial charge on any atom is 0.416 e. The third-order valence-electron chi connectivity index (χ3n) is 4.23. The number of aryl methyl sites for hydroxylation is 1. The van der Waals surface area contributed by atoms with Gasteiger partial charge in [0.1, 0.15) is 0 Å². The highest BCUT2D eigenvalue weighted by Crippen LogP contribution is 2.29. The minimum Gasteiger partial charge on any atom is -0.299 e. The van der Waals surface area contributed by atoms with Gasteiger partial charge in [-0.1, -0.05) is 30.3 Å². The van der Waals surface area contributed by atoms with E-state index < -0.39 is 11.7 Å². The van der Waals surface area contributed by atoms with Gasteiger partial charge in [-0.2, -0.15) is 17.9 Å². The molecule has 0 aliphatic heterocycles. The molecule has 2 aromatic carbocycles. The van der Waals surface area contributed by atoms with Crippen molar-refractivity contribution < 1.29 is 13.2 Å². The first kappa shape index (κ1) is 19.0. The monoisotopic (exact) mass is 375 g/mol. The Balaban J connectivity index is 1.59. The average molecular weight is 375 g/mol. The van der Waals surface area contributed by atoms with Gasteiger partial charge in [0.15, 0.2) is 5.82 Å². The van der Waals surface area contributed by atoms with Gasteiger partial charge in [0.25, 0.3) is 0 Å². The van der Waals surface area contributed by atoms with Crippen molar-refractivity contribution >= 4 is 0 Å². The molecule has 0 N–H and O–H groups in total. The van der Waals surface area contributed by atoms with Gasteiger partial charge >= 0.3 is 6.18 Å². The number of nitrogens with zero attached hydrogens (tertiary/aromatic N) is 5. The van der Waals surface area contributed by atoms with Crippen molar-refractivity contribution in [3.63, 3.8) is 0 Å². The molecule has 0 aliphatic carbocycles. The third kappa shape index (κ3) is 5.13. The average Bonchev–Trinajstić information content (AvgIpc) is 3.10. The fourth-order valence-corrected chi connectivity index (χ4v) is 2.81. The first-order chi connectivity index (χ1) is 12.9. The molecule has 0 amide bonds. The second kappa shape index (κ2) is 8.30. The molecule has 0 fully saturated rings. The topological polar surface area (TPSA) is 46.8 Å². The number of tetrazole rings is 1. The Kier molecular flexibility index (Phi) is 5.85. The van der Waals surface area contributed by atoms with Crippen molar-refractivity contribution in [3.8, 4) is 5.69 Å². The number of halogens is 3. The lowest BCUT2D eigenvalue weighted by Crippen LogP contribution is -2.22. The Morgan fingerprint density at radius 3 is 2.37 bits per heavy atom. The molecule has 0 unspecified atom stereocenters. The first-order valence-corrected chi connectivity index (χ1v) is 8.61. The van der Waals surface area contributed by atoms with E-state index in [-0.39, 0.29) is 0 Å². The Bertz CT molecular complexity index is 844. The smallest absolute Gasteiger partial charge is 0.299 e. The van der Waals surface area contributed by atoms with Crippen LogP contribution in [0.1, 0.15) is 23.4 Å². The number of hydrogen-bond donors (Lipinski definition) is 0. The van der Waals surface area contributed by atoms with Crippen molar-refractivity contribution in [2.75, 3.05) is 13.6 Å². The number of aromatic nitrogens is 4. The lowest BCUT2D eigenvalue weighted by molar-refractivity contribution is -0.137. The largest absolute Gasteiger partial charge is 0.416 e. The molecule has 3 aromatic rings. The predicted molar refractivity (Wildman–Crippen MR) is 95.3 cm³/mol. The van der Waals surface area contributed by atoms with Gasteiger partial charge < -0.3 is 0 Å². The van der Waals surface area contributed by atoms with Crippen LogP contribution in [-0.4, -0.2) is 38.7 Å². The maximum atomic E-state index is 12.7. The van der Waals surface area contributed by atoms with Gasteiger partial charge in [-0.3, -0.25) is 4.90 Å². The zero-order valence-corrected chi connectivity index (χ0v) is 14.9. The molecule has 3 rings (SSSR count). The number of benzene rings is 2. The summed E-state index contributed by atoms with van der Waals surface area (Å²) in [5.41, 5.74) is 1.10. The summed E-state index contributed by atoms with van der Waals surface area (Å²) in [4.78, 5) is 2.09. The summed E-state index contributed by atoms with van der Waals surface area (Å²) in [6, 6.07) is 15.1. The summed E-state index contributed by atoms with van der Waals surface area (Å²) in [6.07, 6.45) is -2.39. The molecule has 27 heavy (non-hydrogen) atoms. The third-order valence-corrected chi connectivity index (χ3v) is 4.23. The second-order valence-corrected chi connectivity index (χ2v) is 6.38. The van der Waals surface area contributed by atoms with E-state index in [0.717, 1.165) is 31.5 Å². The van der Waals surface area contributed by atoms with Crippen LogP contribution in [0.3, 0.4) is 0 Å². The summed E-state index contributed by atoms with van der Waals surface area (Å²) in [5.74, 6) is 0.581. The molecule has 0 radical (unpaired) electrons. The van der Waals surface area contributed by atoms with Crippen LogP contribution in [0.15, 0.2) is 54.6 Å². The summed E-state index contributed by atoms with van der Waals surface area (Å²) in [7, 11) is 1.97. The molecule has 0 aliphatic rings. The molecule has 5 nitrogen and oxygen atoms in total. The van der Waals surface area contributed by atoms with E-state index in [1.54, 1.807) is 0 Å². The highest BCUT2D eigenvalue weighted by molar-refractivity contribution is 5.35. The summed E-state index contributed by atoms with van der Waals surface area (Å²) in [5, 5.41) is 11.6. The molecule has 0 saturated carbocycles. The highest BCUT2D eigenvalue weighted by atomic mass is 19.4. The van der Waals surface area contributed by atoms with Gasteiger partial charge in [-0.15, -0.1) is 5.10 Å². The quantitative estimate of drug-likeness (QED) is 0.631. The van der Waals surface area contributed by atoms with Crippen molar-refractivity contribution in [1.29, 1.82) is 0 Å². The first-order valence-electron chi connectivity index (χ1n) is 8.61. The molecular weight excluding hydrogens is 355 g/mol. The normalized spacial score (nSPS) is 11.9. The van der Waals surface area contributed by atoms with Crippen molar-refractivity contribution in [1.82, 2.24) is 25.1 Å². The second-order valence-electron chi connectivity index (χ2n) is 6.38. The van der Waals surface area contributed by atoms with Crippen LogP contribution in [0, 0.1) is 0 Å². The number of rotatable bonds is 7. The maximum absolute atomic E-state index is 12.7. The zero-order valence-electron chi connectivity index (χ0n) is 14.9. The highest BCUT2D eigenvalue weighted by Gasteiger charge is 2.30. The van der Waals surface area contributed by atoms with Crippen molar-refractivity contribution in [2.45, 2.75) is 25.6 Å². The fourth-order valence-electron chi connectivity index (χ4n) is 2.81. The Labute approximate surface area is 155 Å². The summed E-state index contributed by atoms with van der Waals surface area (Å²) < 4.78 is 39.6. The van der Waals surface area contributed by atoms with Gasteiger partial charge in [0.05, 0.1) is 17.8 Å². The van der Waals surface area contributed by atoms with E-state index in [1.807, 2.05) is 25.2 Å². The van der Waals surface area contributed by atoms with E-state index >= 15 is 0 Å². The van der Waals surface area contributed by atoms with Gasteiger partial charge in [-0.25, -0.2) is 0 Å². The van der Waals surface area contributed by atoms with Crippen LogP contribution in [-0.2, 0) is 19.1 Å². The Hall–Kier alpha value is -2.74. The molecular formula is C19H20F3N5. The molecule has 0 spiro atoms. The van der Waals surface area contributed by atoms with Crippen LogP contribution in [0.25, 0.3) is 5.69 Å². The molecule has 0 atom stereocenters. The van der Waals surface area contributed by atoms with Crippen LogP contribution in [0.5, 0.6) is 0 Å². The summed E-state index contributed by atoms with van der Waals surface area (Å²) in [6.45, 7) is 1.36. The predicted octanol–water partition coefficient (Wildman–Crippen LogP) is 3.75. The SMILES string of the molecule is CN(CCCc1ccccc1)Cc1nnnn1-c1ccc(C(F)(F)F)cc1. The van der Waals surface area contributed by atoms with Gasteiger partial charge in [0.2, 0.25) is 0 Å². The van der Waals surface area contributed by atoms with E-state index in [1.165, 1.54) is 22.4 Å². The van der Waals surface area contributed by atoms with Crippen molar-refractivity contribution in [3.05, 3.63) is 71.5 Å². The lowest BCUT2D eigenvalue weighted by atomic mass is 10.1. The van der Waals surface area contributed by atoms with Crippen LogP contribution in [0.2, 0.25) is 0 Å².